The molecule has 2 N–H and O–H groups in total. The summed E-state index contributed by atoms with van der Waals surface area (Å²) in [6, 6.07) is 11.2. The van der Waals surface area contributed by atoms with Gasteiger partial charge in [-0.2, -0.15) is 0 Å². The second-order valence-electron chi connectivity index (χ2n) is 9.63. The van der Waals surface area contributed by atoms with Crippen molar-refractivity contribution in [1.82, 2.24) is 0 Å². The molecule has 0 heterocycles. The lowest BCUT2D eigenvalue weighted by molar-refractivity contribution is -0.112. The topological polar surface area (TPSA) is 49.3 Å². The number of rotatable bonds is 6. The summed E-state index contributed by atoms with van der Waals surface area (Å²) in [5, 5.41) is 14.9. The van der Waals surface area contributed by atoms with Crippen molar-refractivity contribution in [3.05, 3.63) is 95.1 Å². The zero-order valence-corrected chi connectivity index (χ0v) is 20.4. The van der Waals surface area contributed by atoms with Gasteiger partial charge in [-0.1, -0.05) is 79.6 Å². The average Bonchev–Trinajstić information content (AvgIpc) is 2.73. The van der Waals surface area contributed by atoms with Crippen LogP contribution >= 0.6 is 0 Å². The van der Waals surface area contributed by atoms with Gasteiger partial charge in [0.1, 0.15) is 5.75 Å². The Kier molecular flexibility index (Phi) is 7.75. The van der Waals surface area contributed by atoms with Crippen molar-refractivity contribution < 1.29 is 9.90 Å². The van der Waals surface area contributed by atoms with Crippen molar-refractivity contribution in [2.75, 3.05) is 5.32 Å². The molecule has 3 heteroatoms. The molecule has 3 nitrogen and oxygen atoms in total. The number of carbonyl (C=O) groups excluding carboxylic acids is 1. The van der Waals surface area contributed by atoms with E-state index in [0.29, 0.717) is 5.69 Å². The van der Waals surface area contributed by atoms with E-state index in [-0.39, 0.29) is 17.1 Å². The number of fused-ring (bicyclic) bond motifs is 1. The lowest BCUT2D eigenvalue weighted by atomic mass is 9.72. The highest BCUT2D eigenvalue weighted by molar-refractivity contribution is 6.02. The Balaban J connectivity index is 1.63. The molecular formula is C30H35NO2. The summed E-state index contributed by atoms with van der Waals surface area (Å²) in [6.45, 7) is 10.9. The summed E-state index contributed by atoms with van der Waals surface area (Å²) in [5.74, 6) is -0.217. The van der Waals surface area contributed by atoms with Crippen LogP contribution in [0.4, 0.5) is 5.69 Å². The molecule has 2 aromatic rings. The lowest BCUT2D eigenvalue weighted by Crippen LogP contribution is -2.19. The average molecular weight is 442 g/mol. The molecule has 0 saturated carbocycles. The van der Waals surface area contributed by atoms with Crippen LogP contribution < -0.4 is 5.32 Å². The Hall–Kier alpha value is -3.33. The molecule has 1 aliphatic rings. The van der Waals surface area contributed by atoms with Crippen molar-refractivity contribution in [1.29, 1.82) is 0 Å². The summed E-state index contributed by atoms with van der Waals surface area (Å²) < 4.78 is 0. The smallest absolute Gasteiger partial charge is 0.248 e. The zero-order chi connectivity index (χ0) is 24.0. The van der Waals surface area contributed by atoms with Crippen LogP contribution in [0.3, 0.4) is 0 Å². The predicted octanol–water partition coefficient (Wildman–Crippen LogP) is 8.02. The van der Waals surface area contributed by atoms with Crippen LogP contribution in [0.2, 0.25) is 0 Å². The number of carbonyl (C=O) groups is 1. The quantitative estimate of drug-likeness (QED) is 0.271. The molecule has 0 atom stereocenters. The molecule has 33 heavy (non-hydrogen) atoms. The van der Waals surface area contributed by atoms with E-state index in [1.165, 1.54) is 36.5 Å². The van der Waals surface area contributed by atoms with Gasteiger partial charge < -0.3 is 10.4 Å². The largest absolute Gasteiger partial charge is 0.506 e. The molecular weight excluding hydrogens is 406 g/mol. The Bertz CT molecular complexity index is 1190. The molecule has 1 aliphatic carbocycles. The minimum absolute atomic E-state index is 0.0560. The normalized spacial score (nSPS) is 17.4. The van der Waals surface area contributed by atoms with Crippen LogP contribution in [-0.4, -0.2) is 11.0 Å². The van der Waals surface area contributed by atoms with Crippen molar-refractivity contribution in [3.8, 4) is 5.75 Å². The fraction of sp³-hybridized carbons (Fsp3) is 0.300. The summed E-state index contributed by atoms with van der Waals surface area (Å²) in [5.41, 5.74) is 5.58. The summed E-state index contributed by atoms with van der Waals surface area (Å²) >= 11 is 0. The molecule has 0 bridgehead atoms. The molecule has 0 aromatic heterocycles. The van der Waals surface area contributed by atoms with Crippen LogP contribution in [-0.2, 0) is 4.79 Å². The van der Waals surface area contributed by atoms with E-state index in [9.17, 15) is 9.90 Å². The van der Waals surface area contributed by atoms with Gasteiger partial charge >= 0.3 is 0 Å². The van der Waals surface area contributed by atoms with Gasteiger partial charge in [0, 0.05) is 6.08 Å². The number of amides is 1. The molecule has 0 saturated heterocycles. The van der Waals surface area contributed by atoms with Crippen LogP contribution in [0.1, 0.15) is 53.9 Å². The fourth-order valence-corrected chi connectivity index (χ4v) is 4.38. The number of hydrogen-bond donors (Lipinski definition) is 2. The van der Waals surface area contributed by atoms with Crippen LogP contribution in [0.25, 0.3) is 10.8 Å². The van der Waals surface area contributed by atoms with Gasteiger partial charge in [0.2, 0.25) is 5.91 Å². The van der Waals surface area contributed by atoms with Crippen molar-refractivity contribution >= 4 is 22.4 Å². The first-order valence-electron chi connectivity index (χ1n) is 11.6. The third-order valence-electron chi connectivity index (χ3n) is 6.25. The highest BCUT2D eigenvalue weighted by atomic mass is 16.3. The number of aromatic hydroxyl groups is 1. The predicted molar refractivity (Wildman–Crippen MR) is 140 cm³/mol. The van der Waals surface area contributed by atoms with Gasteiger partial charge in [-0.25, -0.2) is 0 Å². The fourth-order valence-electron chi connectivity index (χ4n) is 4.38. The van der Waals surface area contributed by atoms with Gasteiger partial charge in [-0.05, 0) is 79.5 Å². The Labute approximate surface area is 197 Å². The molecule has 172 valence electrons. The van der Waals surface area contributed by atoms with E-state index >= 15 is 0 Å². The highest BCUT2D eigenvalue weighted by Gasteiger charge is 2.26. The molecule has 0 unspecified atom stereocenters. The molecule has 0 radical (unpaired) electrons. The summed E-state index contributed by atoms with van der Waals surface area (Å²) in [4.78, 5) is 12.4. The van der Waals surface area contributed by atoms with Gasteiger partial charge in [0.05, 0.1) is 5.69 Å². The number of phenolic OH excluding ortho intramolecular Hbond substituents is 1. The Morgan fingerprint density at radius 3 is 2.45 bits per heavy atom. The molecule has 1 amide bonds. The molecule has 2 aromatic carbocycles. The van der Waals surface area contributed by atoms with Crippen molar-refractivity contribution in [2.24, 2.45) is 5.41 Å². The van der Waals surface area contributed by atoms with E-state index in [1.807, 2.05) is 49.4 Å². The lowest BCUT2D eigenvalue weighted by Gasteiger charge is -2.32. The molecule has 0 spiro atoms. The Morgan fingerprint density at radius 1 is 1.06 bits per heavy atom. The number of benzene rings is 2. The minimum atomic E-state index is -0.273. The number of phenols is 1. The van der Waals surface area contributed by atoms with Crippen molar-refractivity contribution in [3.63, 3.8) is 0 Å². The summed E-state index contributed by atoms with van der Waals surface area (Å²) in [7, 11) is 0. The minimum Gasteiger partial charge on any atom is -0.506 e. The molecule has 0 fully saturated rings. The van der Waals surface area contributed by atoms with Crippen LogP contribution in [0.5, 0.6) is 5.75 Å². The van der Waals surface area contributed by atoms with Gasteiger partial charge in [-0.15, -0.1) is 0 Å². The first-order valence-corrected chi connectivity index (χ1v) is 11.6. The van der Waals surface area contributed by atoms with E-state index in [4.69, 9.17) is 0 Å². The van der Waals surface area contributed by atoms with Gasteiger partial charge in [-0.3, -0.25) is 4.79 Å². The monoisotopic (exact) mass is 441 g/mol. The second-order valence-corrected chi connectivity index (χ2v) is 9.63. The zero-order valence-electron chi connectivity index (χ0n) is 20.4. The number of hydrogen-bond acceptors (Lipinski definition) is 2. The first kappa shape index (κ1) is 24.3. The standard InChI is InChI=1S/C30H35NO2/c1-21(15-16-26-23(3)12-9-17-30(26,4)5)10-8-11-22(2)18-29(33)31-27-19-24-13-6-7-14-25(24)20-28(27)32/h6-8,10-11,13-16,18-20,32H,9,12,17H2,1-5H3,(H,31,33)/b11-8+,16-15+,21-10+,22-18+. The van der Waals surface area contributed by atoms with Crippen molar-refractivity contribution in [2.45, 2.75) is 53.9 Å². The highest BCUT2D eigenvalue weighted by Crippen LogP contribution is 2.40. The SMILES string of the molecule is CC1=C(/C=C/C(C)=C/C=C/C(C)=C/C(=O)Nc2cc3ccccc3cc2O)C(C)(C)CCC1. The van der Waals surface area contributed by atoms with E-state index in [2.05, 4.69) is 45.2 Å². The van der Waals surface area contributed by atoms with E-state index in [0.717, 1.165) is 21.9 Å². The maximum Gasteiger partial charge on any atom is 0.248 e. The second kappa shape index (κ2) is 10.5. The van der Waals surface area contributed by atoms with Gasteiger partial charge in [0.25, 0.3) is 0 Å². The van der Waals surface area contributed by atoms with E-state index < -0.39 is 0 Å². The van der Waals surface area contributed by atoms with Crippen LogP contribution in [0.15, 0.2) is 95.1 Å². The maximum atomic E-state index is 12.4. The van der Waals surface area contributed by atoms with Gasteiger partial charge in [0.15, 0.2) is 0 Å². The summed E-state index contributed by atoms with van der Waals surface area (Å²) in [6.07, 6.45) is 15.6. The molecule has 3 rings (SSSR count). The third-order valence-corrected chi connectivity index (χ3v) is 6.25. The third kappa shape index (κ3) is 6.58. The number of allylic oxidation sites excluding steroid dienone is 9. The number of anilines is 1. The van der Waals surface area contributed by atoms with Crippen LogP contribution in [0, 0.1) is 5.41 Å². The number of nitrogens with one attached hydrogen (secondary N) is 1. The molecule has 0 aliphatic heterocycles. The first-order chi connectivity index (χ1) is 15.7. The Morgan fingerprint density at radius 2 is 1.76 bits per heavy atom. The maximum absolute atomic E-state index is 12.4. The van der Waals surface area contributed by atoms with E-state index in [1.54, 1.807) is 12.1 Å².